The van der Waals surface area contributed by atoms with E-state index < -0.39 is 16.5 Å². The van der Waals surface area contributed by atoms with Crippen LogP contribution in [0, 0.1) is 17.8 Å². The normalized spacial score (nSPS) is 29.4. The number of thiol groups is 1. The number of methoxy groups -OCH3 is 1. The standard InChI is InChI=1S/C30H38ClN3O4S/c1-20-6-5-8-27(37-2)25-12-10-23(25)18-34-17-22-9-11-24(31)16-21(22)7-3-4-15-38-28-14-13-26(32-29(28)34)30(35)33-39(36)19-20/h5,8-9,11,13-14,16,20,23,25,27,39H,3-4,6-7,10,12,15,17-19H2,1-2H3/b8-5+/t20-,23-,25+,27-/m0/s1. The highest BCUT2D eigenvalue weighted by Gasteiger charge is 2.38. The van der Waals surface area contributed by atoms with Gasteiger partial charge in [-0.25, -0.2) is 4.98 Å². The van der Waals surface area contributed by atoms with Crippen LogP contribution in [-0.2, 0) is 28.3 Å². The van der Waals surface area contributed by atoms with Gasteiger partial charge in [0.15, 0.2) is 11.6 Å². The van der Waals surface area contributed by atoms with E-state index in [9.17, 15) is 9.00 Å². The topological polar surface area (TPSA) is 81.1 Å². The molecule has 1 fully saturated rings. The summed E-state index contributed by atoms with van der Waals surface area (Å²) in [6, 6.07) is 9.56. The number of rotatable bonds is 1. The third-order valence-electron chi connectivity index (χ3n) is 8.15. The predicted octanol–water partition coefficient (Wildman–Crippen LogP) is 5.90. The minimum absolute atomic E-state index is 0.0222. The number of anilines is 1. The molecule has 210 valence electrons. The molecule has 0 radical (unpaired) electrons. The largest absolute Gasteiger partial charge is 0.490 e. The van der Waals surface area contributed by atoms with Crippen LogP contribution < -0.4 is 9.64 Å². The summed E-state index contributed by atoms with van der Waals surface area (Å²) in [6.45, 7) is 3.96. The van der Waals surface area contributed by atoms with E-state index in [4.69, 9.17) is 26.1 Å². The Morgan fingerprint density at radius 1 is 1.15 bits per heavy atom. The molecule has 0 saturated heterocycles. The molecule has 7 nitrogen and oxygen atoms in total. The van der Waals surface area contributed by atoms with Crippen LogP contribution in [0.1, 0.15) is 60.6 Å². The van der Waals surface area contributed by atoms with Crippen LogP contribution in [0.5, 0.6) is 5.75 Å². The number of hydrogen-bond donors (Lipinski definition) is 1. The summed E-state index contributed by atoms with van der Waals surface area (Å²) in [5.74, 6) is 2.02. The Morgan fingerprint density at radius 2 is 2.03 bits per heavy atom. The molecule has 2 aliphatic heterocycles. The van der Waals surface area contributed by atoms with Crippen molar-refractivity contribution in [1.82, 2.24) is 4.98 Å². The van der Waals surface area contributed by atoms with Crippen LogP contribution in [0.3, 0.4) is 0 Å². The molecule has 1 aromatic carbocycles. The fourth-order valence-corrected chi connectivity index (χ4v) is 7.08. The molecule has 0 spiro atoms. The van der Waals surface area contributed by atoms with Crippen molar-refractivity contribution in [3.05, 3.63) is 64.3 Å². The van der Waals surface area contributed by atoms with Gasteiger partial charge in [-0.1, -0.05) is 36.7 Å². The maximum Gasteiger partial charge on any atom is 0.303 e. The van der Waals surface area contributed by atoms with E-state index in [0.717, 1.165) is 50.1 Å². The molecule has 9 heteroatoms. The molecule has 1 saturated carbocycles. The quantitative estimate of drug-likeness (QED) is 0.339. The van der Waals surface area contributed by atoms with Crippen molar-refractivity contribution < 1.29 is 18.5 Å². The fraction of sp³-hybridized carbons (Fsp3) is 0.533. The third kappa shape index (κ3) is 6.84. The van der Waals surface area contributed by atoms with Gasteiger partial charge in [-0.2, -0.15) is 4.36 Å². The van der Waals surface area contributed by atoms with E-state index in [2.05, 4.69) is 33.5 Å². The Bertz CT molecular complexity index is 1310. The van der Waals surface area contributed by atoms with E-state index in [-0.39, 0.29) is 17.7 Å². The smallest absolute Gasteiger partial charge is 0.303 e. The van der Waals surface area contributed by atoms with E-state index >= 15 is 0 Å². The lowest BCUT2D eigenvalue weighted by molar-refractivity contribution is 0.0133. The van der Waals surface area contributed by atoms with Crippen LogP contribution in [0.15, 0.2) is 46.8 Å². The molecule has 1 aliphatic carbocycles. The number of carbonyl (C=O) groups excluding carboxylic acids is 1. The summed E-state index contributed by atoms with van der Waals surface area (Å²) in [4.78, 5) is 20.1. The number of aromatic nitrogens is 1. The van der Waals surface area contributed by atoms with E-state index in [1.165, 1.54) is 11.1 Å². The van der Waals surface area contributed by atoms with E-state index in [1.807, 2.05) is 19.1 Å². The van der Waals surface area contributed by atoms with Gasteiger partial charge >= 0.3 is 5.91 Å². The summed E-state index contributed by atoms with van der Waals surface area (Å²) in [5.41, 5.74) is 2.62. The first kappa shape index (κ1) is 28.1. The predicted molar refractivity (Wildman–Crippen MR) is 156 cm³/mol. The van der Waals surface area contributed by atoms with Crippen LogP contribution in [0.4, 0.5) is 5.82 Å². The van der Waals surface area contributed by atoms with Gasteiger partial charge in [-0.05, 0) is 91.7 Å². The highest BCUT2D eigenvalue weighted by Crippen LogP contribution is 2.41. The second kappa shape index (κ2) is 12.8. The molecule has 5 atom stereocenters. The van der Waals surface area contributed by atoms with Crippen LogP contribution >= 0.6 is 11.6 Å². The van der Waals surface area contributed by atoms with Crippen molar-refractivity contribution in [3.8, 4) is 5.75 Å². The zero-order valence-electron chi connectivity index (χ0n) is 22.7. The first-order valence-electron chi connectivity index (χ1n) is 14.0. The Labute approximate surface area is 238 Å². The average Bonchev–Trinajstić information content (AvgIpc) is 2.92. The number of hydrogen-bond acceptors (Lipinski definition) is 6. The summed E-state index contributed by atoms with van der Waals surface area (Å²) in [6.07, 6.45) is 10.1. The van der Waals surface area contributed by atoms with Crippen molar-refractivity contribution in [3.63, 3.8) is 0 Å². The lowest BCUT2D eigenvalue weighted by atomic mass is 9.70. The molecule has 39 heavy (non-hydrogen) atoms. The summed E-state index contributed by atoms with van der Waals surface area (Å²) in [7, 11) is -0.255. The van der Waals surface area contributed by atoms with Crippen molar-refractivity contribution in [2.24, 2.45) is 22.1 Å². The number of aryl methyl sites for hydroxylation is 1. The van der Waals surface area contributed by atoms with Gasteiger partial charge in [0.2, 0.25) is 0 Å². The second-order valence-corrected chi connectivity index (χ2v) is 12.7. The molecule has 3 aliphatic rings. The van der Waals surface area contributed by atoms with Gasteiger partial charge in [-0.15, -0.1) is 0 Å². The number of allylic oxidation sites excluding steroid dienone is 1. The summed E-state index contributed by atoms with van der Waals surface area (Å²) < 4.78 is 28.9. The highest BCUT2D eigenvalue weighted by molar-refractivity contribution is 7.75. The fourth-order valence-electron chi connectivity index (χ4n) is 5.82. The number of nitrogens with zero attached hydrogens (tertiary/aromatic N) is 3. The number of fused-ring (bicyclic) bond motifs is 3. The van der Waals surface area contributed by atoms with Gasteiger partial charge in [0, 0.05) is 41.6 Å². The minimum Gasteiger partial charge on any atom is -0.490 e. The van der Waals surface area contributed by atoms with E-state index in [0.29, 0.717) is 42.3 Å². The zero-order valence-corrected chi connectivity index (χ0v) is 24.4. The Kier molecular flexibility index (Phi) is 9.25. The molecule has 5 rings (SSSR count). The first-order chi connectivity index (χ1) is 18.9. The molecule has 2 bridgehead atoms. The SMILES string of the molecule is CO[C@H]1/C=C/C[C@H](C)C/[SH](=O)=N\C(=O)c2ccc3c(n2)N(Cc2ccc(Cl)cc2CCCCO3)C[C@@H]2CC[C@H]21. The van der Waals surface area contributed by atoms with Crippen LogP contribution in [0.2, 0.25) is 5.02 Å². The zero-order chi connectivity index (χ0) is 27.4. The number of amides is 1. The highest BCUT2D eigenvalue weighted by atomic mass is 35.5. The molecule has 3 heterocycles. The van der Waals surface area contributed by atoms with Gasteiger partial charge in [0.25, 0.3) is 0 Å². The Morgan fingerprint density at radius 3 is 2.82 bits per heavy atom. The van der Waals surface area contributed by atoms with E-state index in [1.54, 1.807) is 13.2 Å². The molecular weight excluding hydrogens is 534 g/mol. The van der Waals surface area contributed by atoms with Gasteiger partial charge in [0.05, 0.1) is 12.7 Å². The Hall–Kier alpha value is -2.42. The van der Waals surface area contributed by atoms with Crippen molar-refractivity contribution >= 4 is 33.9 Å². The molecule has 1 aromatic heterocycles. The number of pyridine rings is 1. The second-order valence-electron chi connectivity index (χ2n) is 11.0. The molecule has 0 N–H and O–H groups in total. The maximum absolute atomic E-state index is 13.1. The molecule has 2 aromatic rings. The first-order valence-corrected chi connectivity index (χ1v) is 15.7. The van der Waals surface area contributed by atoms with Gasteiger partial charge < -0.3 is 14.4 Å². The van der Waals surface area contributed by atoms with Crippen molar-refractivity contribution in [1.29, 1.82) is 0 Å². The van der Waals surface area contributed by atoms with Crippen LogP contribution in [-0.4, -0.2) is 47.2 Å². The lowest BCUT2D eigenvalue weighted by Crippen LogP contribution is -2.43. The minimum atomic E-state index is -2.03. The number of carbonyl (C=O) groups is 1. The summed E-state index contributed by atoms with van der Waals surface area (Å²) in [5, 5.41) is 0.734. The monoisotopic (exact) mass is 571 g/mol. The third-order valence-corrected chi connectivity index (χ3v) is 9.72. The molecule has 1 unspecified atom stereocenters. The van der Waals surface area contributed by atoms with Gasteiger partial charge in [0.1, 0.15) is 5.69 Å². The Balaban J connectivity index is 1.60. The lowest BCUT2D eigenvalue weighted by Gasteiger charge is -2.43. The number of ether oxygens (including phenoxy) is 2. The number of halogens is 1. The average molecular weight is 572 g/mol. The maximum atomic E-state index is 13.1. The van der Waals surface area contributed by atoms with Crippen molar-refractivity contribution in [2.45, 2.75) is 58.1 Å². The number of benzene rings is 1. The molecular formula is C30H38ClN3O4S. The van der Waals surface area contributed by atoms with Crippen LogP contribution in [0.25, 0.3) is 0 Å². The van der Waals surface area contributed by atoms with Gasteiger partial charge in [-0.3, -0.25) is 9.00 Å². The van der Waals surface area contributed by atoms with Crippen molar-refractivity contribution in [2.75, 3.05) is 30.9 Å². The molecule has 1 amide bonds. The summed E-state index contributed by atoms with van der Waals surface area (Å²) >= 11 is 6.39.